The second-order valence-corrected chi connectivity index (χ2v) is 4.30. The lowest BCUT2D eigenvalue weighted by atomic mass is 10.1. The van der Waals surface area contributed by atoms with Crippen molar-refractivity contribution in [1.82, 2.24) is 9.97 Å². The summed E-state index contributed by atoms with van der Waals surface area (Å²) in [6.07, 6.45) is 8.02. The van der Waals surface area contributed by atoms with Crippen molar-refractivity contribution >= 4 is 11.8 Å². The first-order valence-corrected chi connectivity index (χ1v) is 6.32. The third kappa shape index (κ3) is 5.49. The van der Waals surface area contributed by atoms with E-state index in [2.05, 4.69) is 34.6 Å². The summed E-state index contributed by atoms with van der Waals surface area (Å²) in [4.78, 5) is 8.18. The average Bonchev–Trinajstić information content (AvgIpc) is 2.35. The van der Waals surface area contributed by atoms with Crippen LogP contribution in [0.25, 0.3) is 0 Å². The maximum atomic E-state index is 5.26. The number of hydrogen-bond acceptors (Lipinski definition) is 5. The van der Waals surface area contributed by atoms with E-state index in [9.17, 15) is 0 Å². The molecule has 1 aromatic heterocycles. The number of aromatic nitrogens is 2. The molecule has 1 atom stereocenters. The Morgan fingerprint density at radius 1 is 1.35 bits per heavy atom. The van der Waals surface area contributed by atoms with Crippen LogP contribution in [0.1, 0.15) is 46.0 Å². The first-order chi connectivity index (χ1) is 8.26. The van der Waals surface area contributed by atoms with E-state index >= 15 is 0 Å². The fourth-order valence-electron chi connectivity index (χ4n) is 1.71. The highest BCUT2D eigenvalue weighted by molar-refractivity contribution is 5.39. The van der Waals surface area contributed by atoms with Gasteiger partial charge in [0.05, 0.1) is 0 Å². The van der Waals surface area contributed by atoms with Gasteiger partial charge in [0.15, 0.2) is 0 Å². The van der Waals surface area contributed by atoms with Crippen LogP contribution in [0.5, 0.6) is 0 Å². The fraction of sp³-hybridized carbons (Fsp3) is 0.667. The Balaban J connectivity index is 2.31. The maximum absolute atomic E-state index is 5.26. The molecule has 4 N–H and O–H groups in total. The van der Waals surface area contributed by atoms with Gasteiger partial charge in [-0.25, -0.2) is 10.8 Å². The maximum Gasteiger partial charge on any atom is 0.239 e. The highest BCUT2D eigenvalue weighted by Gasteiger charge is 2.03. The second kappa shape index (κ2) is 7.84. The summed E-state index contributed by atoms with van der Waals surface area (Å²) in [7, 11) is 0. The van der Waals surface area contributed by atoms with Gasteiger partial charge in [0, 0.05) is 12.2 Å². The minimum Gasteiger partial charge on any atom is -0.367 e. The summed E-state index contributed by atoms with van der Waals surface area (Å²) in [6.45, 7) is 4.40. The minimum atomic E-state index is 0.424. The van der Waals surface area contributed by atoms with Gasteiger partial charge in [0.2, 0.25) is 5.95 Å². The molecule has 17 heavy (non-hydrogen) atoms. The van der Waals surface area contributed by atoms with Gasteiger partial charge in [0.25, 0.3) is 0 Å². The number of nitrogens with one attached hydrogen (secondary N) is 2. The Hall–Kier alpha value is -1.36. The van der Waals surface area contributed by atoms with E-state index in [1.54, 1.807) is 6.20 Å². The number of anilines is 2. The lowest BCUT2D eigenvalue weighted by molar-refractivity contribution is 0.593. The Kier molecular flexibility index (Phi) is 6.32. The van der Waals surface area contributed by atoms with E-state index in [0.29, 0.717) is 12.0 Å². The van der Waals surface area contributed by atoms with Crippen LogP contribution in [0.15, 0.2) is 12.3 Å². The van der Waals surface area contributed by atoms with Gasteiger partial charge in [-0.3, -0.25) is 5.43 Å². The SMILES string of the molecule is CCCCCCC(C)Nc1ccnc(NN)n1. The van der Waals surface area contributed by atoms with Crippen molar-refractivity contribution in [2.45, 2.75) is 52.0 Å². The average molecular weight is 237 g/mol. The second-order valence-electron chi connectivity index (χ2n) is 4.30. The van der Waals surface area contributed by atoms with Crippen molar-refractivity contribution in [1.29, 1.82) is 0 Å². The van der Waals surface area contributed by atoms with Crippen molar-refractivity contribution in [3.8, 4) is 0 Å². The van der Waals surface area contributed by atoms with Gasteiger partial charge >= 0.3 is 0 Å². The number of hydrogen-bond donors (Lipinski definition) is 3. The molecule has 0 aliphatic carbocycles. The molecule has 1 heterocycles. The Bertz CT molecular complexity index is 316. The molecule has 5 nitrogen and oxygen atoms in total. The molecule has 0 saturated heterocycles. The molecule has 0 aromatic carbocycles. The zero-order chi connectivity index (χ0) is 12.5. The summed E-state index contributed by atoms with van der Waals surface area (Å²) in [5.41, 5.74) is 2.44. The topological polar surface area (TPSA) is 75.9 Å². The number of hydrazine groups is 1. The van der Waals surface area contributed by atoms with Gasteiger partial charge < -0.3 is 5.32 Å². The van der Waals surface area contributed by atoms with E-state index in [1.807, 2.05) is 6.07 Å². The van der Waals surface area contributed by atoms with Gasteiger partial charge in [-0.2, -0.15) is 4.98 Å². The molecule has 0 fully saturated rings. The van der Waals surface area contributed by atoms with Crippen molar-refractivity contribution in [3.05, 3.63) is 12.3 Å². The van der Waals surface area contributed by atoms with Crippen LogP contribution in [0.4, 0.5) is 11.8 Å². The summed E-state index contributed by atoms with van der Waals surface area (Å²) in [6, 6.07) is 2.27. The number of nitrogens with two attached hydrogens (primary N) is 1. The van der Waals surface area contributed by atoms with E-state index in [1.165, 1.54) is 25.7 Å². The molecule has 5 heteroatoms. The highest BCUT2D eigenvalue weighted by atomic mass is 15.3. The summed E-state index contributed by atoms with van der Waals surface area (Å²) in [5, 5.41) is 3.35. The van der Waals surface area contributed by atoms with Crippen molar-refractivity contribution < 1.29 is 0 Å². The molecule has 0 aliphatic rings. The smallest absolute Gasteiger partial charge is 0.239 e. The van der Waals surface area contributed by atoms with Gasteiger partial charge in [0.1, 0.15) is 5.82 Å². The van der Waals surface area contributed by atoms with Crippen molar-refractivity contribution in [3.63, 3.8) is 0 Å². The number of unbranched alkanes of at least 4 members (excludes halogenated alkanes) is 3. The van der Waals surface area contributed by atoms with Crippen LogP contribution < -0.4 is 16.6 Å². The lowest BCUT2D eigenvalue weighted by Gasteiger charge is -2.14. The molecule has 1 rings (SSSR count). The van der Waals surface area contributed by atoms with Gasteiger partial charge in [-0.1, -0.05) is 32.6 Å². The van der Waals surface area contributed by atoms with Crippen LogP contribution in [0.3, 0.4) is 0 Å². The molecule has 0 aliphatic heterocycles. The predicted molar refractivity (Wildman–Crippen MR) is 71.7 cm³/mol. The fourth-order valence-corrected chi connectivity index (χ4v) is 1.71. The van der Waals surface area contributed by atoms with E-state index in [0.717, 1.165) is 12.2 Å². The Morgan fingerprint density at radius 3 is 2.88 bits per heavy atom. The molecule has 0 saturated carbocycles. The number of nitrogens with zero attached hydrogens (tertiary/aromatic N) is 2. The third-order valence-corrected chi connectivity index (χ3v) is 2.67. The van der Waals surface area contributed by atoms with Gasteiger partial charge in [-0.05, 0) is 19.4 Å². The molecule has 96 valence electrons. The third-order valence-electron chi connectivity index (χ3n) is 2.67. The summed E-state index contributed by atoms with van der Waals surface area (Å²) in [5.74, 6) is 6.51. The van der Waals surface area contributed by atoms with Crippen LogP contribution >= 0.6 is 0 Å². The monoisotopic (exact) mass is 237 g/mol. The Morgan fingerprint density at radius 2 is 2.18 bits per heavy atom. The summed E-state index contributed by atoms with van der Waals surface area (Å²) < 4.78 is 0. The molecular formula is C12H23N5. The van der Waals surface area contributed by atoms with E-state index in [4.69, 9.17) is 5.84 Å². The molecule has 0 bridgehead atoms. The Labute approximate surface area is 103 Å². The number of nitrogen functional groups attached to an aromatic ring is 1. The predicted octanol–water partition coefficient (Wildman–Crippen LogP) is 2.53. The lowest BCUT2D eigenvalue weighted by Crippen LogP contribution is -2.17. The molecule has 0 spiro atoms. The molecule has 1 unspecified atom stereocenters. The summed E-state index contributed by atoms with van der Waals surface area (Å²) >= 11 is 0. The molecule has 0 radical (unpaired) electrons. The standard InChI is InChI=1S/C12H23N5/c1-3-4-5-6-7-10(2)15-11-8-9-14-12(16-11)17-13/h8-10H,3-7,13H2,1-2H3,(H2,14,15,16,17). The van der Waals surface area contributed by atoms with Gasteiger partial charge in [-0.15, -0.1) is 0 Å². The first kappa shape index (κ1) is 13.7. The molecule has 1 aromatic rings. The molecule has 0 amide bonds. The normalized spacial score (nSPS) is 12.2. The van der Waals surface area contributed by atoms with Crippen molar-refractivity contribution in [2.75, 3.05) is 10.7 Å². The quantitative estimate of drug-likeness (QED) is 0.368. The zero-order valence-electron chi connectivity index (χ0n) is 10.7. The largest absolute Gasteiger partial charge is 0.367 e. The highest BCUT2D eigenvalue weighted by Crippen LogP contribution is 2.11. The van der Waals surface area contributed by atoms with Crippen LogP contribution in [-0.2, 0) is 0 Å². The van der Waals surface area contributed by atoms with Crippen LogP contribution in [-0.4, -0.2) is 16.0 Å². The first-order valence-electron chi connectivity index (χ1n) is 6.32. The van der Waals surface area contributed by atoms with E-state index in [-0.39, 0.29) is 0 Å². The number of rotatable bonds is 8. The van der Waals surface area contributed by atoms with Crippen LogP contribution in [0.2, 0.25) is 0 Å². The van der Waals surface area contributed by atoms with Crippen LogP contribution in [0, 0.1) is 0 Å². The molecular weight excluding hydrogens is 214 g/mol. The van der Waals surface area contributed by atoms with Crippen molar-refractivity contribution in [2.24, 2.45) is 5.84 Å². The zero-order valence-corrected chi connectivity index (χ0v) is 10.7. The van der Waals surface area contributed by atoms with E-state index < -0.39 is 0 Å². The minimum absolute atomic E-state index is 0.424.